The summed E-state index contributed by atoms with van der Waals surface area (Å²) in [6.45, 7) is 10.2. The highest BCUT2D eigenvalue weighted by Gasteiger charge is 2.65. The number of hydrogen-bond donors (Lipinski definition) is 1. The van der Waals surface area contributed by atoms with Crippen molar-refractivity contribution in [2.24, 2.45) is 44.8 Å². The monoisotopic (exact) mass is 539 g/mol. The zero-order valence-corrected chi connectivity index (χ0v) is 24.3. The first-order chi connectivity index (χ1) is 18.9. The summed E-state index contributed by atoms with van der Waals surface area (Å²) in [5, 5.41) is 12.8. The summed E-state index contributed by atoms with van der Waals surface area (Å²) in [5.74, 6) is 0.726. The van der Waals surface area contributed by atoms with Gasteiger partial charge in [0.15, 0.2) is 12.0 Å². The molecule has 214 valence electrons. The molecule has 0 spiro atoms. The number of fused-ring (bicyclic) bond motifs is 5. The molecule has 0 aromatic heterocycles. The van der Waals surface area contributed by atoms with E-state index in [-0.39, 0.29) is 41.0 Å². The van der Waals surface area contributed by atoms with Gasteiger partial charge in [-0.2, -0.15) is 0 Å². The maximum atomic E-state index is 14.8. The average molecular weight is 540 g/mol. The Labute approximate surface area is 233 Å². The average Bonchev–Trinajstić information content (AvgIpc) is 3.56. The van der Waals surface area contributed by atoms with Crippen LogP contribution in [-0.4, -0.2) is 49.7 Å². The molecule has 39 heavy (non-hydrogen) atoms. The molecular weight excluding hydrogens is 493 g/mol. The van der Waals surface area contributed by atoms with E-state index in [2.05, 4.69) is 47.7 Å². The van der Waals surface area contributed by atoms with Crippen molar-refractivity contribution < 1.29 is 18.9 Å². The largest absolute Gasteiger partial charge is 0.399 e. The summed E-state index contributed by atoms with van der Waals surface area (Å²) in [7, 11) is 1.61. The third-order valence-electron chi connectivity index (χ3n) is 10.8. The molecule has 1 N–H and O–H groups in total. The number of rotatable bonds is 4. The van der Waals surface area contributed by atoms with Crippen LogP contribution in [-0.2, 0) is 14.5 Å². The fraction of sp³-hybridized carbons (Fsp3) is 0.719. The quantitative estimate of drug-likeness (QED) is 0.455. The molecule has 0 radical (unpaired) electrons. The number of benzene rings is 1. The molecule has 8 unspecified atom stereocenters. The van der Waals surface area contributed by atoms with Crippen LogP contribution in [0.1, 0.15) is 84.1 Å². The van der Waals surface area contributed by atoms with E-state index in [0.717, 1.165) is 63.0 Å². The first kappa shape index (κ1) is 28.3. The first-order valence-corrected chi connectivity index (χ1v) is 15.1. The Morgan fingerprint density at radius 1 is 1.03 bits per heavy atom. The van der Waals surface area contributed by atoms with Crippen molar-refractivity contribution >= 4 is 17.2 Å². The number of ketones is 1. The van der Waals surface area contributed by atoms with Crippen molar-refractivity contribution in [2.75, 3.05) is 20.2 Å². The SMILES string of the molecule is CC.CO/N=C1\CC2C(CC[C@]3(C)C(=O)C(F)CC23)C2(C)CC/C(=N\OC3CCNC3)C(c3ccccc3)C12. The van der Waals surface area contributed by atoms with Crippen molar-refractivity contribution in [3.05, 3.63) is 35.9 Å². The molecule has 9 atom stereocenters. The fourth-order valence-electron chi connectivity index (χ4n) is 9.00. The summed E-state index contributed by atoms with van der Waals surface area (Å²) in [6, 6.07) is 10.6. The van der Waals surface area contributed by atoms with Gasteiger partial charge in [0.05, 0.1) is 11.4 Å². The lowest BCUT2D eigenvalue weighted by Crippen LogP contribution is -2.58. The number of Topliss-reactive ketones (excluding diaryl/α,β-unsaturated/α-hetero) is 1. The van der Waals surface area contributed by atoms with Crippen LogP contribution in [0.4, 0.5) is 4.39 Å². The number of halogens is 1. The van der Waals surface area contributed by atoms with E-state index in [4.69, 9.17) is 14.8 Å². The molecule has 1 heterocycles. The van der Waals surface area contributed by atoms with Crippen LogP contribution in [0, 0.1) is 34.5 Å². The Morgan fingerprint density at radius 3 is 2.49 bits per heavy atom. The zero-order chi connectivity index (χ0) is 27.8. The summed E-state index contributed by atoms with van der Waals surface area (Å²) in [6.07, 6.45) is 4.46. The van der Waals surface area contributed by atoms with Crippen molar-refractivity contribution in [1.29, 1.82) is 0 Å². The van der Waals surface area contributed by atoms with Crippen LogP contribution in [0.25, 0.3) is 0 Å². The number of oxime groups is 2. The number of hydrogen-bond acceptors (Lipinski definition) is 6. The number of alkyl halides is 1. The summed E-state index contributed by atoms with van der Waals surface area (Å²) in [5.41, 5.74) is 2.75. The van der Waals surface area contributed by atoms with Crippen LogP contribution in [0.2, 0.25) is 0 Å². The minimum absolute atomic E-state index is 0.0481. The molecule has 4 aliphatic carbocycles. The third kappa shape index (κ3) is 4.72. The van der Waals surface area contributed by atoms with Crippen molar-refractivity contribution in [3.63, 3.8) is 0 Å². The molecule has 6 nitrogen and oxygen atoms in total. The van der Waals surface area contributed by atoms with E-state index in [1.165, 1.54) is 5.56 Å². The highest BCUT2D eigenvalue weighted by atomic mass is 19.1. The van der Waals surface area contributed by atoms with E-state index in [9.17, 15) is 9.18 Å². The second-order valence-corrected chi connectivity index (χ2v) is 12.5. The van der Waals surface area contributed by atoms with Gasteiger partial charge >= 0.3 is 0 Å². The Morgan fingerprint density at radius 2 is 1.79 bits per heavy atom. The number of carbonyl (C=O) groups is 1. The van der Waals surface area contributed by atoms with Gasteiger partial charge in [0.2, 0.25) is 0 Å². The number of nitrogens with zero attached hydrogens (tertiary/aromatic N) is 2. The smallest absolute Gasteiger partial charge is 0.173 e. The Hall–Kier alpha value is -2.28. The predicted octanol–water partition coefficient (Wildman–Crippen LogP) is 6.31. The maximum absolute atomic E-state index is 14.8. The summed E-state index contributed by atoms with van der Waals surface area (Å²) in [4.78, 5) is 24.4. The van der Waals surface area contributed by atoms with Gasteiger partial charge in [0.1, 0.15) is 13.2 Å². The van der Waals surface area contributed by atoms with E-state index >= 15 is 0 Å². The molecule has 1 aliphatic heterocycles. The number of carbonyl (C=O) groups excluding carboxylic acids is 1. The maximum Gasteiger partial charge on any atom is 0.173 e. The van der Waals surface area contributed by atoms with Crippen LogP contribution in [0.3, 0.4) is 0 Å². The lowest BCUT2D eigenvalue weighted by atomic mass is 9.43. The lowest BCUT2D eigenvalue weighted by Gasteiger charge is -2.61. The molecule has 5 fully saturated rings. The highest BCUT2D eigenvalue weighted by Crippen LogP contribution is 2.66. The molecule has 5 aliphatic rings. The van der Waals surface area contributed by atoms with Gasteiger partial charge < -0.3 is 15.0 Å². The first-order valence-electron chi connectivity index (χ1n) is 15.1. The normalized spacial score (nSPS) is 43.2. The van der Waals surface area contributed by atoms with E-state index in [1.807, 2.05) is 20.8 Å². The lowest BCUT2D eigenvalue weighted by molar-refractivity contribution is -0.136. The minimum Gasteiger partial charge on any atom is -0.399 e. The van der Waals surface area contributed by atoms with Crippen LogP contribution in [0.5, 0.6) is 0 Å². The van der Waals surface area contributed by atoms with E-state index in [1.54, 1.807) is 7.11 Å². The fourth-order valence-corrected chi connectivity index (χ4v) is 9.00. The summed E-state index contributed by atoms with van der Waals surface area (Å²) >= 11 is 0. The standard InChI is InChI=1S/C30H40FN3O3.C2H6/c1-29-13-10-24(34-37-19-11-14-32-17-19)26(18-7-5-4-6-8-18)27(29)25(33-36-3)15-20-21(29)9-12-30(2)22(20)16-23(31)28(30)35;1-2/h4-8,19-23,26-27,32H,9-17H2,1-3H3;1-2H3/b33-25+,34-24+;/t19?,20?,21?,22?,23?,26?,27?,29?,30-;/m0./s1. The molecular formula is C32H46FN3O3. The molecule has 0 bridgehead atoms. The van der Waals surface area contributed by atoms with Crippen LogP contribution >= 0.6 is 0 Å². The summed E-state index contributed by atoms with van der Waals surface area (Å²) < 4.78 is 14.8. The van der Waals surface area contributed by atoms with Crippen molar-refractivity contribution in [1.82, 2.24) is 5.32 Å². The molecule has 1 aromatic rings. The van der Waals surface area contributed by atoms with Gasteiger partial charge in [0, 0.05) is 30.2 Å². The molecule has 7 heteroatoms. The van der Waals surface area contributed by atoms with Gasteiger partial charge in [-0.3, -0.25) is 4.79 Å². The molecule has 4 saturated carbocycles. The number of nitrogens with one attached hydrogen (secondary N) is 1. The molecule has 6 rings (SSSR count). The zero-order valence-electron chi connectivity index (χ0n) is 24.3. The van der Waals surface area contributed by atoms with E-state index in [0.29, 0.717) is 12.3 Å². The second-order valence-electron chi connectivity index (χ2n) is 12.5. The minimum atomic E-state index is -1.33. The molecule has 1 saturated heterocycles. The third-order valence-corrected chi connectivity index (χ3v) is 10.8. The Kier molecular flexibility index (Phi) is 8.19. The predicted molar refractivity (Wildman–Crippen MR) is 153 cm³/mol. The van der Waals surface area contributed by atoms with Gasteiger partial charge in [-0.05, 0) is 73.8 Å². The van der Waals surface area contributed by atoms with Gasteiger partial charge in [-0.1, -0.05) is 68.3 Å². The van der Waals surface area contributed by atoms with Gasteiger partial charge in [0.25, 0.3) is 0 Å². The van der Waals surface area contributed by atoms with Crippen molar-refractivity contribution in [2.45, 2.75) is 90.8 Å². The van der Waals surface area contributed by atoms with E-state index < -0.39 is 11.6 Å². The van der Waals surface area contributed by atoms with Crippen LogP contribution < -0.4 is 5.32 Å². The Bertz CT molecular complexity index is 1090. The molecule has 1 aromatic carbocycles. The van der Waals surface area contributed by atoms with Crippen LogP contribution in [0.15, 0.2) is 40.6 Å². The van der Waals surface area contributed by atoms with Crippen molar-refractivity contribution in [3.8, 4) is 0 Å². The Balaban J connectivity index is 0.00000151. The van der Waals surface area contributed by atoms with Gasteiger partial charge in [-0.25, -0.2) is 4.39 Å². The molecule has 0 amide bonds. The van der Waals surface area contributed by atoms with Gasteiger partial charge in [-0.15, -0.1) is 0 Å². The highest BCUT2D eigenvalue weighted by molar-refractivity contribution is 6.00. The second kappa shape index (κ2) is 11.3. The topological polar surface area (TPSA) is 72.3 Å².